The fourth-order valence-corrected chi connectivity index (χ4v) is 3.53. The average molecular weight is 444 g/mol. The molecule has 1 N–H and O–H groups in total. The van der Waals surface area contributed by atoms with E-state index in [-0.39, 0.29) is 42.8 Å². The number of rotatable bonds is 7. The summed E-state index contributed by atoms with van der Waals surface area (Å²) in [5, 5.41) is 3.14. The fraction of sp³-hybridized carbons (Fsp3) is 0.636. The Labute approximate surface area is 181 Å². The van der Waals surface area contributed by atoms with E-state index in [1.54, 1.807) is 27.7 Å². The Morgan fingerprint density at radius 1 is 1.23 bits per heavy atom. The molecule has 0 aromatic heterocycles. The Bertz CT molecular complexity index is 775. The minimum absolute atomic E-state index is 0.0191. The van der Waals surface area contributed by atoms with Crippen molar-refractivity contribution in [2.45, 2.75) is 64.9 Å². The Balaban J connectivity index is 2.04. The molecule has 1 atom stereocenters. The highest BCUT2D eigenvalue weighted by atomic mass is 19.4. The lowest BCUT2D eigenvalue weighted by molar-refractivity contribution is -0.153. The van der Waals surface area contributed by atoms with Gasteiger partial charge in [0.1, 0.15) is 5.60 Å². The van der Waals surface area contributed by atoms with Gasteiger partial charge in [-0.15, -0.1) is 0 Å². The zero-order valence-electron chi connectivity index (χ0n) is 18.5. The molecule has 1 heterocycles. The van der Waals surface area contributed by atoms with Crippen LogP contribution < -0.4 is 5.32 Å². The zero-order valence-corrected chi connectivity index (χ0v) is 18.5. The molecule has 0 radical (unpaired) electrons. The van der Waals surface area contributed by atoms with Gasteiger partial charge in [-0.1, -0.05) is 6.07 Å². The number of hydrogen-bond acceptors (Lipinski definition) is 6. The van der Waals surface area contributed by atoms with Crippen molar-refractivity contribution < 1.29 is 32.2 Å². The molecule has 1 fully saturated rings. The van der Waals surface area contributed by atoms with Gasteiger partial charge in [-0.05, 0) is 64.8 Å². The van der Waals surface area contributed by atoms with Crippen LogP contribution in [0.1, 0.15) is 62.0 Å². The first-order valence-corrected chi connectivity index (χ1v) is 10.4. The highest BCUT2D eigenvalue weighted by Gasteiger charge is 2.35. The van der Waals surface area contributed by atoms with E-state index < -0.39 is 23.3 Å². The second-order valence-electron chi connectivity index (χ2n) is 8.63. The van der Waals surface area contributed by atoms with Gasteiger partial charge < -0.3 is 14.8 Å². The summed E-state index contributed by atoms with van der Waals surface area (Å²) in [6.45, 7) is 8.38. The molecule has 1 aliphatic rings. The van der Waals surface area contributed by atoms with Gasteiger partial charge in [0, 0.05) is 19.1 Å². The second kappa shape index (κ2) is 10.5. The summed E-state index contributed by atoms with van der Waals surface area (Å²) in [7, 11) is 0. The highest BCUT2D eigenvalue weighted by Crippen LogP contribution is 2.34. The molecule has 0 amide bonds. The molecule has 1 aromatic rings. The second-order valence-corrected chi connectivity index (χ2v) is 8.63. The Kier molecular flexibility index (Phi) is 8.48. The van der Waals surface area contributed by atoms with Gasteiger partial charge in [-0.3, -0.25) is 9.69 Å². The van der Waals surface area contributed by atoms with Crippen molar-refractivity contribution in [1.29, 1.82) is 0 Å². The molecule has 6 nitrogen and oxygen atoms in total. The van der Waals surface area contributed by atoms with Crippen LogP contribution in [0.5, 0.6) is 0 Å². The predicted octanol–water partition coefficient (Wildman–Crippen LogP) is 3.78. The van der Waals surface area contributed by atoms with E-state index in [9.17, 15) is 22.8 Å². The van der Waals surface area contributed by atoms with Crippen LogP contribution in [0.15, 0.2) is 18.2 Å². The van der Waals surface area contributed by atoms with Crippen molar-refractivity contribution in [1.82, 2.24) is 10.2 Å². The van der Waals surface area contributed by atoms with Crippen LogP contribution in [0, 0.1) is 0 Å². The molecule has 174 valence electrons. The number of piperidine rings is 1. The van der Waals surface area contributed by atoms with Gasteiger partial charge in [0.05, 0.1) is 24.3 Å². The summed E-state index contributed by atoms with van der Waals surface area (Å²) in [4.78, 5) is 25.7. The quantitative estimate of drug-likeness (QED) is 0.646. The molecule has 0 bridgehead atoms. The number of ether oxygens (including phenoxy) is 2. The number of alkyl halides is 3. The Morgan fingerprint density at radius 3 is 2.55 bits per heavy atom. The minimum Gasteiger partial charge on any atom is -0.462 e. The zero-order chi connectivity index (χ0) is 23.2. The van der Waals surface area contributed by atoms with Crippen LogP contribution in [0.4, 0.5) is 13.2 Å². The van der Waals surface area contributed by atoms with Crippen molar-refractivity contribution in [3.63, 3.8) is 0 Å². The van der Waals surface area contributed by atoms with E-state index in [1.807, 2.05) is 4.90 Å². The van der Waals surface area contributed by atoms with Gasteiger partial charge in [0.2, 0.25) is 0 Å². The van der Waals surface area contributed by atoms with Gasteiger partial charge >= 0.3 is 18.1 Å². The molecule has 31 heavy (non-hydrogen) atoms. The Hall–Kier alpha value is -2.13. The van der Waals surface area contributed by atoms with Gasteiger partial charge in [-0.2, -0.15) is 13.2 Å². The number of halogens is 3. The highest BCUT2D eigenvalue weighted by molar-refractivity contribution is 5.89. The van der Waals surface area contributed by atoms with Crippen molar-refractivity contribution >= 4 is 11.9 Å². The van der Waals surface area contributed by atoms with Crippen LogP contribution in [-0.4, -0.2) is 54.7 Å². The number of nitrogens with one attached hydrogen (secondary N) is 1. The molecule has 1 aliphatic heterocycles. The van der Waals surface area contributed by atoms with Crippen molar-refractivity contribution in [2.24, 2.45) is 0 Å². The first-order chi connectivity index (χ1) is 14.4. The maximum Gasteiger partial charge on any atom is 0.416 e. The SMILES string of the molecule is CCOC(=O)c1ccc(CN2CCC[C@H](NCC(=O)OC(C)(C)C)C2)c(C(F)(F)F)c1. The molecule has 0 spiro atoms. The predicted molar refractivity (Wildman–Crippen MR) is 110 cm³/mol. The number of esters is 2. The molecular weight excluding hydrogens is 413 g/mol. The fourth-order valence-electron chi connectivity index (χ4n) is 3.53. The third kappa shape index (κ3) is 8.14. The lowest BCUT2D eigenvalue weighted by atomic mass is 10.0. The number of nitrogens with zero attached hydrogens (tertiary/aromatic N) is 1. The van der Waals surface area contributed by atoms with Gasteiger partial charge in [0.15, 0.2) is 0 Å². The van der Waals surface area contributed by atoms with Crippen molar-refractivity contribution in [2.75, 3.05) is 26.2 Å². The summed E-state index contributed by atoms with van der Waals surface area (Å²) in [6.07, 6.45) is -2.95. The smallest absolute Gasteiger partial charge is 0.416 e. The summed E-state index contributed by atoms with van der Waals surface area (Å²) in [5.41, 5.74) is -1.41. The van der Waals surface area contributed by atoms with E-state index in [0.29, 0.717) is 13.1 Å². The summed E-state index contributed by atoms with van der Waals surface area (Å²) in [6, 6.07) is 3.54. The summed E-state index contributed by atoms with van der Waals surface area (Å²) >= 11 is 0. The van der Waals surface area contributed by atoms with Crippen LogP contribution in [0.25, 0.3) is 0 Å². The van der Waals surface area contributed by atoms with E-state index in [2.05, 4.69) is 5.32 Å². The lowest BCUT2D eigenvalue weighted by Crippen LogP contribution is -2.47. The van der Waals surface area contributed by atoms with Crippen molar-refractivity contribution in [3.05, 3.63) is 34.9 Å². The molecule has 2 rings (SSSR count). The molecule has 1 saturated heterocycles. The van der Waals surface area contributed by atoms with E-state index in [0.717, 1.165) is 18.9 Å². The monoisotopic (exact) mass is 444 g/mol. The first kappa shape index (κ1) is 25.1. The van der Waals surface area contributed by atoms with Gasteiger partial charge in [0.25, 0.3) is 0 Å². The molecule has 0 unspecified atom stereocenters. The van der Waals surface area contributed by atoms with Crippen molar-refractivity contribution in [3.8, 4) is 0 Å². The third-order valence-electron chi connectivity index (χ3n) is 4.78. The number of carbonyl (C=O) groups is 2. The van der Waals surface area contributed by atoms with Gasteiger partial charge in [-0.25, -0.2) is 4.79 Å². The van der Waals surface area contributed by atoms with E-state index in [4.69, 9.17) is 9.47 Å². The van der Waals surface area contributed by atoms with Crippen LogP contribution in [0.3, 0.4) is 0 Å². The Morgan fingerprint density at radius 2 is 1.94 bits per heavy atom. The number of benzene rings is 1. The van der Waals surface area contributed by atoms with Crippen LogP contribution in [0.2, 0.25) is 0 Å². The van der Waals surface area contributed by atoms with Crippen LogP contribution in [-0.2, 0) is 27.0 Å². The molecular formula is C22H31F3N2O4. The third-order valence-corrected chi connectivity index (χ3v) is 4.78. The lowest BCUT2D eigenvalue weighted by Gasteiger charge is -2.34. The topological polar surface area (TPSA) is 67.9 Å². The van der Waals surface area contributed by atoms with E-state index in [1.165, 1.54) is 12.1 Å². The average Bonchev–Trinajstić information content (AvgIpc) is 2.65. The standard InChI is InChI=1S/C22H31F3N2O4/c1-5-30-20(29)15-8-9-16(18(11-15)22(23,24)25)13-27-10-6-7-17(14-27)26-12-19(28)31-21(2,3)4/h8-9,11,17,26H,5-7,10,12-14H2,1-4H3/t17-/m0/s1. The largest absolute Gasteiger partial charge is 0.462 e. The minimum atomic E-state index is -4.58. The summed E-state index contributed by atoms with van der Waals surface area (Å²) in [5.74, 6) is -1.14. The molecule has 9 heteroatoms. The molecule has 1 aromatic carbocycles. The number of carbonyl (C=O) groups excluding carboxylic acids is 2. The number of hydrogen-bond donors (Lipinski definition) is 1. The normalized spacial score (nSPS) is 18.0. The number of likely N-dealkylation sites (tertiary alicyclic amines) is 1. The van der Waals surface area contributed by atoms with Crippen LogP contribution >= 0.6 is 0 Å². The molecule has 0 aliphatic carbocycles. The maximum absolute atomic E-state index is 13.6. The first-order valence-electron chi connectivity index (χ1n) is 10.4. The molecule has 0 saturated carbocycles. The van der Waals surface area contributed by atoms with E-state index >= 15 is 0 Å². The summed E-state index contributed by atoms with van der Waals surface area (Å²) < 4.78 is 50.9. The maximum atomic E-state index is 13.6.